The molecule has 0 spiro atoms. The summed E-state index contributed by atoms with van der Waals surface area (Å²) < 4.78 is 14.5. The highest BCUT2D eigenvalue weighted by atomic mass is 19.1. The number of halogens is 1. The van der Waals surface area contributed by atoms with E-state index in [9.17, 15) is 4.39 Å². The summed E-state index contributed by atoms with van der Waals surface area (Å²) in [7, 11) is 1.80. The topological polar surface area (TPSA) is 17.8 Å². The van der Waals surface area contributed by atoms with E-state index in [1.807, 2.05) is 6.07 Å². The molecule has 0 N–H and O–H groups in total. The molecule has 3 heteroatoms. The van der Waals surface area contributed by atoms with Crippen LogP contribution in [0.1, 0.15) is 0 Å². The van der Waals surface area contributed by atoms with Crippen LogP contribution in [0, 0.1) is 11.9 Å². The van der Waals surface area contributed by atoms with E-state index in [2.05, 4.69) is 11.2 Å². The van der Waals surface area contributed by atoms with Gasteiger partial charge in [-0.2, -0.15) is 5.10 Å². The molecule has 0 aliphatic rings. The minimum Gasteiger partial charge on any atom is -0.267 e. The predicted octanol–water partition coefficient (Wildman–Crippen LogP) is 2.03. The van der Waals surface area contributed by atoms with Crippen molar-refractivity contribution in [3.63, 3.8) is 0 Å². The van der Waals surface area contributed by atoms with E-state index in [1.165, 1.54) is 12.1 Å². The fraction of sp³-hybridized carbons (Fsp3) is 0.100. The van der Waals surface area contributed by atoms with E-state index in [-0.39, 0.29) is 5.82 Å². The molecule has 0 aliphatic heterocycles. The maximum atomic E-state index is 12.8. The van der Waals surface area contributed by atoms with Gasteiger partial charge in [0.05, 0.1) is 11.9 Å². The molecule has 13 heavy (non-hydrogen) atoms. The summed E-state index contributed by atoms with van der Waals surface area (Å²) in [4.78, 5) is 0. The maximum Gasteiger partial charge on any atom is 0.123 e. The summed E-state index contributed by atoms with van der Waals surface area (Å²) in [6.45, 7) is 0. The van der Waals surface area contributed by atoms with Crippen molar-refractivity contribution in [3.8, 4) is 11.3 Å². The molecule has 0 bridgehead atoms. The van der Waals surface area contributed by atoms with E-state index in [1.54, 1.807) is 24.0 Å². The van der Waals surface area contributed by atoms with Crippen molar-refractivity contribution in [1.82, 2.24) is 9.78 Å². The number of nitrogens with zero attached hydrogens (tertiary/aromatic N) is 2. The molecule has 0 aliphatic carbocycles. The molecule has 0 unspecified atom stereocenters. The van der Waals surface area contributed by atoms with Crippen LogP contribution >= 0.6 is 0 Å². The van der Waals surface area contributed by atoms with Crippen molar-refractivity contribution >= 4 is 0 Å². The molecule has 0 amide bonds. The molecular weight excluding hydrogens is 167 g/mol. The van der Waals surface area contributed by atoms with Gasteiger partial charge in [-0.3, -0.25) is 4.68 Å². The Bertz CT molecular complexity index is 420. The number of hydrogen-bond acceptors (Lipinski definition) is 1. The predicted molar refractivity (Wildman–Crippen MR) is 47.4 cm³/mol. The minimum absolute atomic E-state index is 0.243. The highest BCUT2D eigenvalue weighted by Crippen LogP contribution is 2.17. The fourth-order valence-electron chi connectivity index (χ4n) is 1.23. The highest BCUT2D eigenvalue weighted by Gasteiger charge is 2.02. The van der Waals surface area contributed by atoms with Crippen molar-refractivity contribution in [1.29, 1.82) is 0 Å². The second kappa shape index (κ2) is 3.01. The van der Waals surface area contributed by atoms with Gasteiger partial charge in [0, 0.05) is 18.7 Å². The van der Waals surface area contributed by atoms with Gasteiger partial charge in [-0.1, -0.05) is 12.1 Å². The summed E-state index contributed by atoms with van der Waals surface area (Å²) in [6.07, 6.45) is 1.57. The van der Waals surface area contributed by atoms with Crippen LogP contribution in [-0.4, -0.2) is 9.78 Å². The van der Waals surface area contributed by atoms with Crippen LogP contribution in [0.4, 0.5) is 4.39 Å². The largest absolute Gasteiger partial charge is 0.267 e. The Balaban J connectivity index is 2.53. The average molecular weight is 175 g/mol. The molecule has 1 heterocycles. The van der Waals surface area contributed by atoms with Gasteiger partial charge in [-0.15, -0.1) is 0 Å². The number of benzene rings is 1. The molecule has 1 radical (unpaired) electrons. The van der Waals surface area contributed by atoms with Gasteiger partial charge < -0.3 is 0 Å². The minimum atomic E-state index is -0.243. The summed E-state index contributed by atoms with van der Waals surface area (Å²) in [5, 5.41) is 3.96. The average Bonchev–Trinajstić information content (AvgIpc) is 2.51. The van der Waals surface area contributed by atoms with Gasteiger partial charge >= 0.3 is 0 Å². The summed E-state index contributed by atoms with van der Waals surface area (Å²) in [5.41, 5.74) is 1.58. The first-order chi connectivity index (χ1) is 6.27. The first-order valence-corrected chi connectivity index (χ1v) is 3.93. The molecule has 2 rings (SSSR count). The number of aryl methyl sites for hydroxylation is 1. The van der Waals surface area contributed by atoms with Gasteiger partial charge in [0.1, 0.15) is 5.82 Å². The summed E-state index contributed by atoms with van der Waals surface area (Å²) in [5.74, 6) is -0.243. The molecule has 0 atom stereocenters. The zero-order chi connectivity index (χ0) is 9.26. The second-order valence-corrected chi connectivity index (χ2v) is 2.77. The molecular formula is C10H8FN2. The first-order valence-electron chi connectivity index (χ1n) is 3.93. The molecule has 2 nitrogen and oxygen atoms in total. The van der Waals surface area contributed by atoms with Crippen LogP contribution in [0.5, 0.6) is 0 Å². The van der Waals surface area contributed by atoms with E-state index >= 15 is 0 Å². The molecule has 0 fully saturated rings. The first kappa shape index (κ1) is 7.98. The number of aromatic nitrogens is 2. The third-order valence-electron chi connectivity index (χ3n) is 1.85. The Morgan fingerprint density at radius 3 is 2.92 bits per heavy atom. The van der Waals surface area contributed by atoms with Crippen molar-refractivity contribution < 1.29 is 4.39 Å². The third kappa shape index (κ3) is 1.45. The Labute approximate surface area is 75.6 Å². The van der Waals surface area contributed by atoms with Crippen molar-refractivity contribution in [2.75, 3.05) is 0 Å². The van der Waals surface area contributed by atoms with Crippen molar-refractivity contribution in [2.45, 2.75) is 0 Å². The van der Waals surface area contributed by atoms with Gasteiger partial charge in [0.2, 0.25) is 0 Å². The Kier molecular flexibility index (Phi) is 1.85. The van der Waals surface area contributed by atoms with Gasteiger partial charge in [0.15, 0.2) is 0 Å². The zero-order valence-electron chi connectivity index (χ0n) is 7.16. The normalized spacial score (nSPS) is 10.3. The molecule has 2 aromatic rings. The van der Waals surface area contributed by atoms with E-state index < -0.39 is 0 Å². The van der Waals surface area contributed by atoms with E-state index in [0.29, 0.717) is 0 Å². The van der Waals surface area contributed by atoms with Crippen LogP contribution in [0.25, 0.3) is 11.3 Å². The Morgan fingerprint density at radius 1 is 1.46 bits per heavy atom. The lowest BCUT2D eigenvalue weighted by molar-refractivity contribution is 0.628. The van der Waals surface area contributed by atoms with Crippen molar-refractivity contribution in [2.24, 2.45) is 7.05 Å². The highest BCUT2D eigenvalue weighted by molar-refractivity contribution is 5.58. The smallest absolute Gasteiger partial charge is 0.123 e. The fourth-order valence-corrected chi connectivity index (χ4v) is 1.23. The van der Waals surface area contributed by atoms with Crippen molar-refractivity contribution in [3.05, 3.63) is 42.3 Å². The molecule has 1 aromatic carbocycles. The molecule has 65 valence electrons. The SMILES string of the molecule is Cn1nc[c]c1-c1cccc(F)c1. The third-order valence-corrected chi connectivity index (χ3v) is 1.85. The van der Waals surface area contributed by atoms with Crippen LogP contribution in [-0.2, 0) is 7.05 Å². The van der Waals surface area contributed by atoms with Gasteiger partial charge in [0.25, 0.3) is 0 Å². The van der Waals surface area contributed by atoms with Crippen LogP contribution in [0.2, 0.25) is 0 Å². The summed E-state index contributed by atoms with van der Waals surface area (Å²) in [6, 6.07) is 9.32. The lowest BCUT2D eigenvalue weighted by Crippen LogP contribution is -1.93. The lowest BCUT2D eigenvalue weighted by Gasteiger charge is -2.00. The molecule has 1 aromatic heterocycles. The van der Waals surface area contributed by atoms with E-state index in [4.69, 9.17) is 0 Å². The monoisotopic (exact) mass is 175 g/mol. The van der Waals surface area contributed by atoms with E-state index in [0.717, 1.165) is 11.3 Å². The Morgan fingerprint density at radius 2 is 2.31 bits per heavy atom. The van der Waals surface area contributed by atoms with Crippen LogP contribution in [0.15, 0.2) is 30.5 Å². The number of hydrogen-bond donors (Lipinski definition) is 0. The second-order valence-electron chi connectivity index (χ2n) is 2.77. The van der Waals surface area contributed by atoms with Crippen LogP contribution in [0.3, 0.4) is 0 Å². The molecule has 0 saturated carbocycles. The number of rotatable bonds is 1. The Hall–Kier alpha value is -1.64. The standard InChI is InChI=1S/C10H8FN2/c1-13-10(5-6-12-13)8-3-2-4-9(11)7-8/h2-4,6-7H,1H3. The zero-order valence-corrected chi connectivity index (χ0v) is 7.16. The maximum absolute atomic E-state index is 12.8. The summed E-state index contributed by atoms with van der Waals surface area (Å²) >= 11 is 0. The lowest BCUT2D eigenvalue weighted by atomic mass is 10.1. The van der Waals surface area contributed by atoms with Gasteiger partial charge in [-0.25, -0.2) is 4.39 Å². The van der Waals surface area contributed by atoms with Gasteiger partial charge in [-0.05, 0) is 12.1 Å². The quantitative estimate of drug-likeness (QED) is 0.648. The molecule has 0 saturated heterocycles. The van der Waals surface area contributed by atoms with Crippen LogP contribution < -0.4 is 0 Å².